The van der Waals surface area contributed by atoms with E-state index in [1.807, 2.05) is 25.1 Å². The number of nitrogens with one attached hydrogen (secondary N) is 1. The molecule has 0 bridgehead atoms. The smallest absolute Gasteiger partial charge is 0.138 e. The van der Waals surface area contributed by atoms with Crippen molar-refractivity contribution in [2.75, 3.05) is 11.9 Å². The number of hydrogen-bond donors (Lipinski definition) is 1. The molecule has 0 heterocycles. The molecule has 2 nitrogen and oxygen atoms in total. The molecule has 0 fully saturated rings. The topological polar surface area (TPSA) is 21.3 Å². The van der Waals surface area contributed by atoms with Crippen LogP contribution in [0.1, 0.15) is 12.5 Å². The first kappa shape index (κ1) is 15.1. The first-order valence-corrected chi connectivity index (χ1v) is 7.37. The van der Waals surface area contributed by atoms with E-state index < -0.39 is 0 Å². The van der Waals surface area contributed by atoms with Gasteiger partial charge in [0.1, 0.15) is 11.6 Å². The molecule has 2 rings (SSSR count). The zero-order chi connectivity index (χ0) is 14.5. The van der Waals surface area contributed by atoms with Crippen molar-refractivity contribution in [1.29, 1.82) is 0 Å². The van der Waals surface area contributed by atoms with Gasteiger partial charge < -0.3 is 10.1 Å². The van der Waals surface area contributed by atoms with Crippen LogP contribution in [0.3, 0.4) is 0 Å². The van der Waals surface area contributed by atoms with Gasteiger partial charge in [-0.2, -0.15) is 0 Å². The normalized spacial score (nSPS) is 10.4. The lowest BCUT2D eigenvalue weighted by atomic mass is 10.2. The van der Waals surface area contributed by atoms with Gasteiger partial charge in [0.2, 0.25) is 0 Å². The first-order chi connectivity index (χ1) is 9.60. The van der Waals surface area contributed by atoms with Gasteiger partial charge >= 0.3 is 0 Å². The molecule has 2 aromatic carbocycles. The van der Waals surface area contributed by atoms with Crippen molar-refractivity contribution in [1.82, 2.24) is 0 Å². The highest BCUT2D eigenvalue weighted by Crippen LogP contribution is 2.28. The Hall–Kier alpha value is -1.26. The number of hydrogen-bond acceptors (Lipinski definition) is 2. The predicted molar refractivity (Wildman–Crippen MR) is 84.0 cm³/mol. The summed E-state index contributed by atoms with van der Waals surface area (Å²) >= 11 is 9.46. The van der Waals surface area contributed by atoms with Crippen molar-refractivity contribution in [3.8, 4) is 5.75 Å². The monoisotopic (exact) mass is 357 g/mol. The van der Waals surface area contributed by atoms with Crippen LogP contribution in [0.5, 0.6) is 5.75 Å². The molecule has 0 saturated carbocycles. The molecule has 0 aromatic heterocycles. The van der Waals surface area contributed by atoms with Crippen molar-refractivity contribution in [3.63, 3.8) is 0 Å². The van der Waals surface area contributed by atoms with Crippen molar-refractivity contribution in [2.45, 2.75) is 13.5 Å². The fourth-order valence-electron chi connectivity index (χ4n) is 1.75. The maximum absolute atomic E-state index is 13.0. The fraction of sp³-hybridized carbons (Fsp3) is 0.200. The molecule has 0 saturated heterocycles. The summed E-state index contributed by atoms with van der Waals surface area (Å²) in [4.78, 5) is 0. The highest BCUT2D eigenvalue weighted by molar-refractivity contribution is 9.10. The molecule has 0 spiro atoms. The van der Waals surface area contributed by atoms with E-state index in [9.17, 15) is 4.39 Å². The highest BCUT2D eigenvalue weighted by atomic mass is 79.9. The van der Waals surface area contributed by atoms with Gasteiger partial charge in [0.15, 0.2) is 0 Å². The van der Waals surface area contributed by atoms with Crippen molar-refractivity contribution in [3.05, 3.63) is 57.3 Å². The zero-order valence-corrected chi connectivity index (χ0v) is 13.3. The van der Waals surface area contributed by atoms with E-state index in [1.165, 1.54) is 12.1 Å². The van der Waals surface area contributed by atoms with Crippen LogP contribution in [0.15, 0.2) is 40.9 Å². The van der Waals surface area contributed by atoms with E-state index >= 15 is 0 Å². The van der Waals surface area contributed by atoms with Gasteiger partial charge in [-0.05, 0) is 42.8 Å². The highest BCUT2D eigenvalue weighted by Gasteiger charge is 2.04. The lowest BCUT2D eigenvalue weighted by Gasteiger charge is -2.11. The Morgan fingerprint density at radius 2 is 2.05 bits per heavy atom. The molecule has 0 unspecified atom stereocenters. The van der Waals surface area contributed by atoms with E-state index in [4.69, 9.17) is 16.3 Å². The number of ether oxygens (including phenoxy) is 1. The van der Waals surface area contributed by atoms with Crippen LogP contribution in [0.25, 0.3) is 0 Å². The first-order valence-electron chi connectivity index (χ1n) is 6.20. The quantitative estimate of drug-likeness (QED) is 0.788. The van der Waals surface area contributed by atoms with Crippen LogP contribution in [-0.4, -0.2) is 6.61 Å². The summed E-state index contributed by atoms with van der Waals surface area (Å²) in [6.07, 6.45) is 0. The Labute approximate surface area is 131 Å². The second-order valence-corrected chi connectivity index (χ2v) is 5.43. The van der Waals surface area contributed by atoms with Gasteiger partial charge in [-0.15, -0.1) is 0 Å². The predicted octanol–water partition coefficient (Wildman–Crippen LogP) is 5.25. The molecular weight excluding hydrogens is 345 g/mol. The molecule has 2 aromatic rings. The van der Waals surface area contributed by atoms with E-state index in [-0.39, 0.29) is 5.82 Å². The van der Waals surface area contributed by atoms with E-state index in [1.54, 1.807) is 6.07 Å². The Bertz CT molecular complexity index is 606. The maximum atomic E-state index is 13.0. The third kappa shape index (κ3) is 3.87. The lowest BCUT2D eigenvalue weighted by Crippen LogP contribution is -2.01. The maximum Gasteiger partial charge on any atom is 0.138 e. The summed E-state index contributed by atoms with van der Waals surface area (Å²) in [6, 6.07) is 10.2. The van der Waals surface area contributed by atoms with Crippen molar-refractivity contribution < 1.29 is 9.13 Å². The van der Waals surface area contributed by atoms with E-state index in [0.717, 1.165) is 15.7 Å². The van der Waals surface area contributed by atoms with E-state index in [2.05, 4.69) is 21.2 Å². The molecule has 0 radical (unpaired) electrons. The van der Waals surface area contributed by atoms with Crippen molar-refractivity contribution >= 4 is 33.2 Å². The zero-order valence-electron chi connectivity index (χ0n) is 10.9. The van der Waals surface area contributed by atoms with Crippen LogP contribution in [0.2, 0.25) is 5.02 Å². The summed E-state index contributed by atoms with van der Waals surface area (Å²) < 4.78 is 19.1. The van der Waals surface area contributed by atoms with Crippen LogP contribution in [-0.2, 0) is 6.54 Å². The minimum Gasteiger partial charge on any atom is -0.492 e. The SMILES string of the molecule is CCOc1ccc(NCc2ccc(F)cc2Br)cc1Cl. The summed E-state index contributed by atoms with van der Waals surface area (Å²) in [6.45, 7) is 3.06. The molecule has 5 heteroatoms. The summed E-state index contributed by atoms with van der Waals surface area (Å²) in [7, 11) is 0. The Balaban J connectivity index is 2.05. The van der Waals surface area contributed by atoms with Gasteiger partial charge in [-0.1, -0.05) is 33.6 Å². The fourth-order valence-corrected chi connectivity index (χ4v) is 2.47. The van der Waals surface area contributed by atoms with Crippen LogP contribution in [0, 0.1) is 5.82 Å². The van der Waals surface area contributed by atoms with E-state index in [0.29, 0.717) is 23.9 Å². The Morgan fingerprint density at radius 3 is 2.70 bits per heavy atom. The minimum atomic E-state index is -0.260. The van der Waals surface area contributed by atoms with Crippen LogP contribution in [0.4, 0.5) is 10.1 Å². The second-order valence-electron chi connectivity index (χ2n) is 4.17. The second kappa shape index (κ2) is 6.95. The third-order valence-corrected chi connectivity index (χ3v) is 3.76. The average Bonchev–Trinajstić information content (AvgIpc) is 2.41. The molecule has 1 N–H and O–H groups in total. The van der Waals surface area contributed by atoms with Gasteiger partial charge in [0, 0.05) is 16.7 Å². The Kier molecular flexibility index (Phi) is 5.26. The number of anilines is 1. The van der Waals surface area contributed by atoms with Gasteiger partial charge in [0.25, 0.3) is 0 Å². The van der Waals surface area contributed by atoms with Crippen molar-refractivity contribution in [2.24, 2.45) is 0 Å². The summed E-state index contributed by atoms with van der Waals surface area (Å²) in [5.74, 6) is 0.410. The standard InChI is InChI=1S/C15H14BrClFNO/c1-2-20-15-6-5-12(8-14(15)17)19-9-10-3-4-11(18)7-13(10)16/h3-8,19H,2,9H2,1H3. The van der Waals surface area contributed by atoms with Crippen LogP contribution < -0.4 is 10.1 Å². The molecule has 0 aliphatic rings. The summed E-state index contributed by atoms with van der Waals surface area (Å²) in [5.41, 5.74) is 1.85. The Morgan fingerprint density at radius 1 is 1.25 bits per heavy atom. The number of rotatable bonds is 5. The van der Waals surface area contributed by atoms with Gasteiger partial charge in [-0.25, -0.2) is 4.39 Å². The molecule has 106 valence electrons. The van der Waals surface area contributed by atoms with Gasteiger partial charge in [0.05, 0.1) is 11.6 Å². The largest absolute Gasteiger partial charge is 0.492 e. The molecule has 20 heavy (non-hydrogen) atoms. The minimum absolute atomic E-state index is 0.260. The number of halogens is 3. The molecule has 0 amide bonds. The third-order valence-electron chi connectivity index (χ3n) is 2.73. The molecule has 0 aliphatic carbocycles. The molecular formula is C15H14BrClFNO. The number of benzene rings is 2. The van der Waals surface area contributed by atoms with Gasteiger partial charge in [-0.3, -0.25) is 0 Å². The van der Waals surface area contributed by atoms with Crippen LogP contribution >= 0.6 is 27.5 Å². The average molecular weight is 359 g/mol. The lowest BCUT2D eigenvalue weighted by molar-refractivity contribution is 0.340. The molecule has 0 atom stereocenters. The molecule has 0 aliphatic heterocycles. The summed E-state index contributed by atoms with van der Waals surface area (Å²) in [5, 5.41) is 3.80.